The number of nitrogens with one attached hydrogen (secondary N) is 1. The molecular formula is C36H48N6O7S2. The van der Waals surface area contributed by atoms with Crippen molar-refractivity contribution < 1.29 is 32.9 Å². The van der Waals surface area contributed by atoms with Gasteiger partial charge in [0.25, 0.3) is 0 Å². The molecule has 1 fully saturated rings. The summed E-state index contributed by atoms with van der Waals surface area (Å²) in [4.78, 5) is 17.4. The molecule has 0 unspecified atom stereocenters. The Hall–Kier alpha value is -3.76. The highest BCUT2D eigenvalue weighted by Gasteiger charge is 2.46. The number of aryl methyl sites for hydroxylation is 3. The van der Waals surface area contributed by atoms with Crippen LogP contribution in [0, 0.1) is 26.2 Å². The van der Waals surface area contributed by atoms with Crippen LogP contribution >= 0.6 is 13.5 Å². The Bertz CT molecular complexity index is 2030. The number of aliphatic hydroxyl groups is 1. The lowest BCUT2D eigenvalue weighted by Crippen LogP contribution is -2.50. The SMILES string of the molecule is Cc1ccc([C@@H](c2ccn3c(C)nnc3c2C)C(C)(C)C(=O)O)cc1CN1CC2(CCOCC2)Oc2nc(N[C@@H](C)CCO)ccc2S1(=O)=O.S. The fourth-order valence-corrected chi connectivity index (χ4v) is 8.63. The van der Waals surface area contributed by atoms with Crippen molar-refractivity contribution in [1.82, 2.24) is 23.9 Å². The predicted octanol–water partition coefficient (Wildman–Crippen LogP) is 4.72. The maximum atomic E-state index is 14.5. The van der Waals surface area contributed by atoms with Gasteiger partial charge in [-0.05, 0) is 94.0 Å². The molecule has 1 aromatic carbocycles. The van der Waals surface area contributed by atoms with Crippen molar-refractivity contribution in [2.45, 2.75) is 89.8 Å². The van der Waals surface area contributed by atoms with Gasteiger partial charge in [-0.1, -0.05) is 18.2 Å². The van der Waals surface area contributed by atoms with Crippen LogP contribution < -0.4 is 10.1 Å². The predicted molar refractivity (Wildman–Crippen MR) is 197 cm³/mol. The van der Waals surface area contributed by atoms with Gasteiger partial charge in [-0.25, -0.2) is 8.42 Å². The number of pyridine rings is 2. The Morgan fingerprint density at radius 2 is 1.82 bits per heavy atom. The van der Waals surface area contributed by atoms with E-state index in [-0.39, 0.29) is 50.0 Å². The number of hydrogen-bond donors (Lipinski definition) is 3. The van der Waals surface area contributed by atoms with E-state index in [9.17, 15) is 23.4 Å². The van der Waals surface area contributed by atoms with Crippen LogP contribution in [0.25, 0.3) is 5.65 Å². The summed E-state index contributed by atoms with van der Waals surface area (Å²) in [5.41, 5.74) is 2.58. The summed E-state index contributed by atoms with van der Waals surface area (Å²) >= 11 is 0. The van der Waals surface area contributed by atoms with Crippen LogP contribution in [-0.2, 0) is 26.1 Å². The van der Waals surface area contributed by atoms with E-state index in [1.165, 1.54) is 10.4 Å². The average Bonchev–Trinajstić information content (AvgIpc) is 3.41. The van der Waals surface area contributed by atoms with Gasteiger partial charge in [0.1, 0.15) is 22.1 Å². The number of carboxylic acid groups (broad SMARTS) is 1. The Morgan fingerprint density at radius 1 is 1.10 bits per heavy atom. The maximum Gasteiger partial charge on any atom is 0.310 e. The monoisotopic (exact) mass is 740 g/mol. The first-order valence-corrected chi connectivity index (χ1v) is 18.4. The summed E-state index contributed by atoms with van der Waals surface area (Å²) in [5.74, 6) is -0.318. The first-order chi connectivity index (χ1) is 23.7. The van der Waals surface area contributed by atoms with Gasteiger partial charge in [-0.2, -0.15) is 22.8 Å². The summed E-state index contributed by atoms with van der Waals surface area (Å²) in [5, 5.41) is 31.6. The zero-order valence-electron chi connectivity index (χ0n) is 29.9. The molecule has 1 spiro atoms. The Kier molecular flexibility index (Phi) is 11.1. The van der Waals surface area contributed by atoms with Crippen molar-refractivity contribution in [3.8, 4) is 5.88 Å². The zero-order chi connectivity index (χ0) is 36.0. The second-order valence-electron chi connectivity index (χ2n) is 14.2. The summed E-state index contributed by atoms with van der Waals surface area (Å²) in [6, 6.07) is 10.8. The van der Waals surface area contributed by atoms with Crippen LogP contribution in [0.3, 0.4) is 0 Å². The number of hydrogen-bond acceptors (Lipinski definition) is 10. The number of anilines is 1. The molecule has 276 valence electrons. The largest absolute Gasteiger partial charge is 0.481 e. The Balaban J connectivity index is 0.00000504. The van der Waals surface area contributed by atoms with Crippen LogP contribution in [0.15, 0.2) is 47.5 Å². The molecule has 0 bridgehead atoms. The lowest BCUT2D eigenvalue weighted by Gasteiger charge is -2.38. The molecule has 0 radical (unpaired) electrons. The minimum absolute atomic E-state index is 0. The second-order valence-corrected chi connectivity index (χ2v) is 16.1. The number of benzene rings is 1. The van der Waals surface area contributed by atoms with Crippen molar-refractivity contribution in [1.29, 1.82) is 0 Å². The summed E-state index contributed by atoms with van der Waals surface area (Å²) < 4.78 is 44.6. The average molecular weight is 741 g/mol. The number of nitrogens with zero attached hydrogens (tertiary/aromatic N) is 5. The molecule has 3 aromatic heterocycles. The normalized spacial score (nSPS) is 18.3. The van der Waals surface area contributed by atoms with Crippen LogP contribution in [0.1, 0.15) is 79.6 Å². The van der Waals surface area contributed by atoms with Gasteiger partial charge in [0, 0.05) is 44.1 Å². The van der Waals surface area contributed by atoms with E-state index in [0.717, 1.165) is 33.6 Å². The van der Waals surface area contributed by atoms with E-state index in [1.807, 2.05) is 62.6 Å². The van der Waals surface area contributed by atoms with Gasteiger partial charge in [0.05, 0.1) is 25.2 Å². The molecule has 2 aliphatic heterocycles. The van der Waals surface area contributed by atoms with Gasteiger partial charge in [0.15, 0.2) is 5.65 Å². The third-order valence-electron chi connectivity index (χ3n) is 10.3. The van der Waals surface area contributed by atoms with Gasteiger partial charge in [-0.15, -0.1) is 10.2 Å². The molecule has 0 saturated carbocycles. The number of aliphatic hydroxyl groups excluding tert-OH is 1. The topological polar surface area (TPSA) is 168 Å². The molecular weight excluding hydrogens is 693 g/mol. The summed E-state index contributed by atoms with van der Waals surface area (Å²) in [6.07, 6.45) is 3.33. The summed E-state index contributed by atoms with van der Waals surface area (Å²) in [6.45, 7) is 12.0. The highest BCUT2D eigenvalue weighted by molar-refractivity contribution is 7.89. The lowest BCUT2D eigenvalue weighted by molar-refractivity contribution is -0.147. The number of rotatable bonds is 10. The quantitative estimate of drug-likeness (QED) is 0.206. The highest BCUT2D eigenvalue weighted by atomic mass is 32.2. The van der Waals surface area contributed by atoms with E-state index in [0.29, 0.717) is 43.9 Å². The van der Waals surface area contributed by atoms with Gasteiger partial charge in [0.2, 0.25) is 15.9 Å². The molecule has 0 aliphatic carbocycles. The zero-order valence-corrected chi connectivity index (χ0v) is 31.7. The molecule has 13 nitrogen and oxygen atoms in total. The highest BCUT2D eigenvalue weighted by Crippen LogP contribution is 2.44. The smallest absolute Gasteiger partial charge is 0.310 e. The number of ether oxygens (including phenoxy) is 2. The molecule has 15 heteroatoms. The van der Waals surface area contributed by atoms with Gasteiger partial charge < -0.3 is 25.0 Å². The summed E-state index contributed by atoms with van der Waals surface area (Å²) in [7, 11) is -4.10. The fraction of sp³-hybridized carbons (Fsp3) is 0.500. The molecule has 51 heavy (non-hydrogen) atoms. The molecule has 4 aromatic rings. The van der Waals surface area contributed by atoms with Gasteiger partial charge in [-0.3, -0.25) is 9.20 Å². The molecule has 2 atom stereocenters. The third-order valence-corrected chi connectivity index (χ3v) is 12.1. The molecule has 5 heterocycles. The van der Waals surface area contributed by atoms with Crippen molar-refractivity contribution in [3.05, 3.63) is 76.2 Å². The van der Waals surface area contributed by atoms with E-state index < -0.39 is 32.9 Å². The molecule has 2 aliphatic rings. The van der Waals surface area contributed by atoms with Crippen LogP contribution in [0.4, 0.5) is 5.82 Å². The van der Waals surface area contributed by atoms with E-state index in [2.05, 4.69) is 20.5 Å². The lowest BCUT2D eigenvalue weighted by atomic mass is 9.70. The minimum atomic E-state index is -4.10. The number of fused-ring (bicyclic) bond motifs is 2. The van der Waals surface area contributed by atoms with Crippen molar-refractivity contribution in [2.75, 3.05) is 31.7 Å². The van der Waals surface area contributed by atoms with Crippen LogP contribution in [-0.4, -0.2) is 86.5 Å². The third kappa shape index (κ3) is 7.31. The number of carbonyl (C=O) groups is 1. The number of aromatic nitrogens is 4. The standard InChI is InChI=1S/C36H46N6O7S.H2S/c1-22-7-8-26(31(35(5,6)34(44)45)28-11-15-42-25(4)39-40-32(42)24(28)3)19-27(22)20-41-21-36(13-17-48-18-14-36)49-33-29(50(41,46)47)9-10-30(38-33)37-23(2)12-16-43;/h7-11,15,19,23,31,43H,12-14,16-18,20-21H2,1-6H3,(H,37,38)(H,44,45);1H2/t23-,31-;/m0./s1. The molecule has 6 rings (SSSR count). The second kappa shape index (κ2) is 14.7. The van der Waals surface area contributed by atoms with Crippen molar-refractivity contribution >= 4 is 41.0 Å². The van der Waals surface area contributed by atoms with Crippen molar-refractivity contribution in [2.24, 2.45) is 5.41 Å². The first kappa shape index (κ1) is 38.5. The van der Waals surface area contributed by atoms with E-state index >= 15 is 0 Å². The maximum absolute atomic E-state index is 14.5. The number of sulfonamides is 1. The first-order valence-electron chi connectivity index (χ1n) is 17.0. The van der Waals surface area contributed by atoms with Crippen LogP contribution in [0.2, 0.25) is 0 Å². The Labute approximate surface area is 305 Å². The Morgan fingerprint density at radius 3 is 2.51 bits per heavy atom. The van der Waals surface area contributed by atoms with Gasteiger partial charge >= 0.3 is 5.97 Å². The van der Waals surface area contributed by atoms with E-state index in [1.54, 1.807) is 19.9 Å². The minimum Gasteiger partial charge on any atom is -0.481 e. The fourth-order valence-electron chi connectivity index (χ4n) is 7.09. The molecule has 3 N–H and O–H groups in total. The van der Waals surface area contributed by atoms with E-state index in [4.69, 9.17) is 9.47 Å². The molecule has 1 saturated heterocycles. The number of carboxylic acids is 1. The van der Waals surface area contributed by atoms with Crippen molar-refractivity contribution in [3.63, 3.8) is 0 Å². The number of aliphatic carboxylic acids is 1. The van der Waals surface area contributed by atoms with Crippen LogP contribution in [0.5, 0.6) is 5.88 Å². The molecule has 0 amide bonds.